The molecule has 0 N–H and O–H groups in total. The fourth-order valence-electron chi connectivity index (χ4n) is 1.68. The van der Waals surface area contributed by atoms with Crippen LogP contribution in [0.4, 0.5) is 0 Å². The molecule has 68 valence electrons. The average Bonchev–Trinajstić information content (AvgIpc) is 2.53. The lowest BCUT2D eigenvalue weighted by Crippen LogP contribution is -2.23. The highest BCUT2D eigenvalue weighted by molar-refractivity contribution is 4.74. The number of nitrogens with zero attached hydrogens (tertiary/aromatic N) is 4. The predicted octanol–water partition coefficient (Wildman–Crippen LogP) is 2.03. The molecule has 1 unspecified atom stereocenters. The van der Waals surface area contributed by atoms with Gasteiger partial charge in [-0.05, 0) is 24.4 Å². The summed E-state index contributed by atoms with van der Waals surface area (Å²) in [7, 11) is 0. The van der Waals surface area contributed by atoms with Gasteiger partial charge in [-0.1, -0.05) is 18.5 Å². The number of azide groups is 1. The van der Waals surface area contributed by atoms with Crippen molar-refractivity contribution in [3.63, 3.8) is 0 Å². The minimum absolute atomic E-state index is 0.618. The Kier molecular flexibility index (Phi) is 3.91. The van der Waals surface area contributed by atoms with E-state index in [0.29, 0.717) is 6.54 Å². The van der Waals surface area contributed by atoms with Gasteiger partial charge in [0.1, 0.15) is 0 Å². The van der Waals surface area contributed by atoms with Crippen molar-refractivity contribution in [3.8, 4) is 0 Å². The fourth-order valence-corrected chi connectivity index (χ4v) is 1.68. The summed E-state index contributed by atoms with van der Waals surface area (Å²) in [6.07, 6.45) is 2.59. The van der Waals surface area contributed by atoms with E-state index in [1.807, 2.05) is 0 Å². The SMILES string of the molecule is CCC1CCN(CCN=[N+]=[N-])C1. The van der Waals surface area contributed by atoms with Crippen LogP contribution in [-0.4, -0.2) is 31.1 Å². The van der Waals surface area contributed by atoms with Crippen LogP contribution in [0.15, 0.2) is 5.11 Å². The number of likely N-dealkylation sites (tertiary alicyclic amines) is 1. The normalized spacial score (nSPS) is 23.9. The van der Waals surface area contributed by atoms with E-state index < -0.39 is 0 Å². The minimum Gasteiger partial charge on any atom is -0.303 e. The Morgan fingerprint density at radius 3 is 3.08 bits per heavy atom. The van der Waals surface area contributed by atoms with E-state index in [-0.39, 0.29) is 0 Å². The van der Waals surface area contributed by atoms with Crippen molar-refractivity contribution < 1.29 is 0 Å². The first kappa shape index (κ1) is 9.36. The van der Waals surface area contributed by atoms with Crippen LogP contribution in [0.1, 0.15) is 19.8 Å². The lowest BCUT2D eigenvalue weighted by Gasteiger charge is -2.13. The first-order valence-electron chi connectivity index (χ1n) is 4.60. The van der Waals surface area contributed by atoms with Crippen LogP contribution in [0.25, 0.3) is 10.4 Å². The smallest absolute Gasteiger partial charge is 0.0385 e. The molecule has 1 atom stereocenters. The molecule has 0 bridgehead atoms. The van der Waals surface area contributed by atoms with Crippen molar-refractivity contribution in [1.82, 2.24) is 4.90 Å². The van der Waals surface area contributed by atoms with Crippen LogP contribution < -0.4 is 0 Å². The summed E-state index contributed by atoms with van der Waals surface area (Å²) < 4.78 is 0. The molecule has 4 heteroatoms. The molecule has 1 saturated heterocycles. The standard InChI is InChI=1S/C8H16N4/c1-2-8-3-5-12(7-8)6-4-10-11-9/h8H,2-7H2,1H3. The van der Waals surface area contributed by atoms with Gasteiger partial charge in [0.2, 0.25) is 0 Å². The van der Waals surface area contributed by atoms with E-state index in [0.717, 1.165) is 12.5 Å². The van der Waals surface area contributed by atoms with Crippen LogP contribution in [-0.2, 0) is 0 Å². The molecule has 1 heterocycles. The van der Waals surface area contributed by atoms with Gasteiger partial charge in [0.15, 0.2) is 0 Å². The molecule has 0 amide bonds. The van der Waals surface area contributed by atoms with E-state index >= 15 is 0 Å². The van der Waals surface area contributed by atoms with E-state index in [9.17, 15) is 0 Å². The Morgan fingerprint density at radius 1 is 1.67 bits per heavy atom. The Balaban J connectivity index is 2.14. The number of hydrogen-bond acceptors (Lipinski definition) is 2. The molecule has 0 spiro atoms. The van der Waals surface area contributed by atoms with Crippen molar-refractivity contribution in [2.45, 2.75) is 19.8 Å². The van der Waals surface area contributed by atoms with Crippen LogP contribution in [0, 0.1) is 5.92 Å². The van der Waals surface area contributed by atoms with Crippen molar-refractivity contribution in [2.75, 3.05) is 26.2 Å². The van der Waals surface area contributed by atoms with E-state index in [4.69, 9.17) is 5.53 Å². The third-order valence-electron chi connectivity index (χ3n) is 2.53. The first-order valence-corrected chi connectivity index (χ1v) is 4.60. The van der Waals surface area contributed by atoms with Gasteiger partial charge in [-0.3, -0.25) is 0 Å². The molecule has 12 heavy (non-hydrogen) atoms. The molecule has 1 aliphatic heterocycles. The first-order chi connectivity index (χ1) is 5.86. The number of hydrogen-bond donors (Lipinski definition) is 0. The van der Waals surface area contributed by atoms with Crippen LogP contribution in [0.5, 0.6) is 0 Å². The summed E-state index contributed by atoms with van der Waals surface area (Å²) in [5.74, 6) is 0.871. The zero-order valence-electron chi connectivity index (χ0n) is 7.61. The predicted molar refractivity (Wildman–Crippen MR) is 48.9 cm³/mol. The lowest BCUT2D eigenvalue weighted by molar-refractivity contribution is 0.331. The molecule has 1 fully saturated rings. The highest BCUT2D eigenvalue weighted by Gasteiger charge is 2.19. The molecule has 0 radical (unpaired) electrons. The number of rotatable bonds is 4. The van der Waals surface area contributed by atoms with Gasteiger partial charge in [-0.2, -0.15) is 0 Å². The second kappa shape index (κ2) is 5.01. The van der Waals surface area contributed by atoms with Gasteiger partial charge in [-0.15, -0.1) is 0 Å². The van der Waals surface area contributed by atoms with E-state index in [2.05, 4.69) is 21.8 Å². The third-order valence-corrected chi connectivity index (χ3v) is 2.53. The summed E-state index contributed by atoms with van der Waals surface area (Å²) in [5, 5.41) is 3.53. The molecule has 1 aliphatic rings. The monoisotopic (exact) mass is 168 g/mol. The highest BCUT2D eigenvalue weighted by Crippen LogP contribution is 2.18. The van der Waals surface area contributed by atoms with Gasteiger partial charge in [-0.25, -0.2) is 0 Å². The summed E-state index contributed by atoms with van der Waals surface area (Å²) in [5.41, 5.74) is 8.08. The Hall–Kier alpha value is -0.730. The summed E-state index contributed by atoms with van der Waals surface area (Å²) >= 11 is 0. The van der Waals surface area contributed by atoms with Crippen LogP contribution in [0.2, 0.25) is 0 Å². The quantitative estimate of drug-likeness (QED) is 0.360. The van der Waals surface area contributed by atoms with Crippen molar-refractivity contribution in [3.05, 3.63) is 10.4 Å². The van der Waals surface area contributed by atoms with E-state index in [1.54, 1.807) is 0 Å². The van der Waals surface area contributed by atoms with Crippen molar-refractivity contribution in [2.24, 2.45) is 11.0 Å². The van der Waals surface area contributed by atoms with Gasteiger partial charge >= 0.3 is 0 Å². The Bertz CT molecular complexity index is 174. The largest absolute Gasteiger partial charge is 0.303 e. The molecule has 0 aromatic carbocycles. The second-order valence-electron chi connectivity index (χ2n) is 3.32. The summed E-state index contributed by atoms with van der Waals surface area (Å²) in [6.45, 7) is 6.16. The van der Waals surface area contributed by atoms with Crippen LogP contribution in [0.3, 0.4) is 0 Å². The maximum Gasteiger partial charge on any atom is 0.0385 e. The molecular weight excluding hydrogens is 152 g/mol. The molecule has 0 saturated carbocycles. The third kappa shape index (κ3) is 2.72. The topological polar surface area (TPSA) is 52.0 Å². The second-order valence-corrected chi connectivity index (χ2v) is 3.32. The lowest BCUT2D eigenvalue weighted by atomic mass is 10.1. The van der Waals surface area contributed by atoms with Gasteiger partial charge in [0, 0.05) is 24.5 Å². The van der Waals surface area contributed by atoms with Crippen LogP contribution >= 0.6 is 0 Å². The van der Waals surface area contributed by atoms with Gasteiger partial charge < -0.3 is 4.90 Å². The molecule has 4 nitrogen and oxygen atoms in total. The molecule has 1 rings (SSSR count). The summed E-state index contributed by atoms with van der Waals surface area (Å²) in [6, 6.07) is 0. The Morgan fingerprint density at radius 2 is 2.50 bits per heavy atom. The Labute approximate surface area is 73.2 Å². The molecule has 0 aromatic rings. The van der Waals surface area contributed by atoms with Gasteiger partial charge in [0.25, 0.3) is 0 Å². The average molecular weight is 168 g/mol. The molecular formula is C8H16N4. The van der Waals surface area contributed by atoms with Crippen molar-refractivity contribution >= 4 is 0 Å². The van der Waals surface area contributed by atoms with E-state index in [1.165, 1.54) is 25.9 Å². The summed E-state index contributed by atoms with van der Waals surface area (Å²) in [4.78, 5) is 5.11. The highest BCUT2D eigenvalue weighted by atomic mass is 15.2. The van der Waals surface area contributed by atoms with Gasteiger partial charge in [0.05, 0.1) is 0 Å². The van der Waals surface area contributed by atoms with Crippen molar-refractivity contribution in [1.29, 1.82) is 0 Å². The zero-order chi connectivity index (χ0) is 8.81. The maximum atomic E-state index is 8.08. The fraction of sp³-hybridized carbons (Fsp3) is 1.00. The molecule has 0 aromatic heterocycles. The maximum absolute atomic E-state index is 8.08. The zero-order valence-corrected chi connectivity index (χ0v) is 7.61. The minimum atomic E-state index is 0.618. The molecule has 0 aliphatic carbocycles.